The van der Waals surface area contributed by atoms with E-state index >= 15 is 0 Å². The zero-order chi connectivity index (χ0) is 37.0. The minimum absolute atomic E-state index is 0.604. The van der Waals surface area contributed by atoms with E-state index in [2.05, 4.69) is 108 Å². The maximum Gasteiger partial charge on any atom is 0.164 e. The van der Waals surface area contributed by atoms with Crippen LogP contribution in [0.5, 0.6) is 0 Å². The number of para-hydroxylation sites is 2. The molecule has 0 unspecified atom stereocenters. The fourth-order valence-electron chi connectivity index (χ4n) is 7.68. The highest BCUT2D eigenvalue weighted by molar-refractivity contribution is 6.17. The first-order valence-corrected chi connectivity index (χ1v) is 18.5. The molecule has 0 bridgehead atoms. The zero-order valence-corrected chi connectivity index (χ0v) is 29.9. The highest BCUT2D eigenvalue weighted by atomic mass is 16.3. The smallest absolute Gasteiger partial charge is 0.164 e. The molecule has 0 fully saturated rings. The van der Waals surface area contributed by atoms with Gasteiger partial charge in [0.05, 0.1) is 0 Å². The molecule has 0 atom stereocenters. The largest absolute Gasteiger partial charge is 0.456 e. The molecule has 0 saturated heterocycles. The zero-order valence-electron chi connectivity index (χ0n) is 29.9. The summed E-state index contributed by atoms with van der Waals surface area (Å²) in [6.07, 6.45) is 3.65. The lowest BCUT2D eigenvalue weighted by atomic mass is 9.94. The SMILES string of the molecule is c1ccc(-c2nc(-c3ccc(-c4cccnc4)cc3)nc(-c3ccc(-c4ccc(-c5ccc6c(c5)oc5ccccc56)c5oc6ccccc6c45)cc3)n2)cc1. The molecule has 7 aromatic carbocycles. The predicted molar refractivity (Wildman–Crippen MR) is 225 cm³/mol. The Balaban J connectivity index is 1.00. The van der Waals surface area contributed by atoms with E-state index in [4.69, 9.17) is 23.8 Å². The number of fused-ring (bicyclic) bond motifs is 6. The van der Waals surface area contributed by atoms with Gasteiger partial charge in [-0.3, -0.25) is 4.98 Å². The maximum absolute atomic E-state index is 6.65. The fraction of sp³-hybridized carbons (Fsp3) is 0. The van der Waals surface area contributed by atoms with Crippen LogP contribution < -0.4 is 0 Å². The lowest BCUT2D eigenvalue weighted by molar-refractivity contribution is 0.668. The monoisotopic (exact) mass is 718 g/mol. The minimum atomic E-state index is 0.604. The van der Waals surface area contributed by atoms with Gasteiger partial charge in [-0.05, 0) is 64.2 Å². The first kappa shape index (κ1) is 31.8. The molecule has 11 aromatic rings. The summed E-state index contributed by atoms with van der Waals surface area (Å²) in [6.45, 7) is 0. The summed E-state index contributed by atoms with van der Waals surface area (Å²) in [4.78, 5) is 19.2. The first-order valence-electron chi connectivity index (χ1n) is 18.5. The molecule has 6 heteroatoms. The van der Waals surface area contributed by atoms with Crippen molar-refractivity contribution in [1.29, 1.82) is 0 Å². The molecule has 0 radical (unpaired) electrons. The highest BCUT2D eigenvalue weighted by Crippen LogP contribution is 2.43. The van der Waals surface area contributed by atoms with Gasteiger partial charge in [-0.2, -0.15) is 0 Å². The third kappa shape index (κ3) is 5.43. The average molecular weight is 719 g/mol. The van der Waals surface area contributed by atoms with Crippen molar-refractivity contribution in [3.63, 3.8) is 0 Å². The van der Waals surface area contributed by atoms with Crippen molar-refractivity contribution in [2.24, 2.45) is 0 Å². The van der Waals surface area contributed by atoms with E-state index in [0.717, 1.165) is 93.9 Å². The van der Waals surface area contributed by atoms with Crippen molar-refractivity contribution in [2.75, 3.05) is 0 Å². The molecule has 4 aromatic heterocycles. The highest BCUT2D eigenvalue weighted by Gasteiger charge is 2.19. The van der Waals surface area contributed by atoms with Crippen LogP contribution in [0.25, 0.3) is 111 Å². The Kier molecular flexibility index (Phi) is 7.38. The second kappa shape index (κ2) is 13.0. The summed E-state index contributed by atoms with van der Waals surface area (Å²) in [6, 6.07) is 57.9. The van der Waals surface area contributed by atoms with Gasteiger partial charge in [0.1, 0.15) is 22.3 Å². The van der Waals surface area contributed by atoms with Crippen molar-refractivity contribution in [2.45, 2.75) is 0 Å². The van der Waals surface area contributed by atoms with Crippen molar-refractivity contribution < 1.29 is 8.83 Å². The van der Waals surface area contributed by atoms with Crippen molar-refractivity contribution in [1.82, 2.24) is 19.9 Å². The quantitative estimate of drug-likeness (QED) is 0.170. The molecule has 56 heavy (non-hydrogen) atoms. The number of furan rings is 2. The van der Waals surface area contributed by atoms with Gasteiger partial charge in [0.15, 0.2) is 17.5 Å². The maximum atomic E-state index is 6.65. The van der Waals surface area contributed by atoms with Crippen LogP contribution in [0.15, 0.2) is 191 Å². The van der Waals surface area contributed by atoms with E-state index in [1.54, 1.807) is 6.20 Å². The Morgan fingerprint density at radius 2 is 0.875 bits per heavy atom. The number of hydrogen-bond donors (Lipinski definition) is 0. The van der Waals surface area contributed by atoms with Crippen LogP contribution in [-0.2, 0) is 0 Å². The topological polar surface area (TPSA) is 77.8 Å². The number of hydrogen-bond acceptors (Lipinski definition) is 6. The van der Waals surface area contributed by atoms with Gasteiger partial charge in [-0.1, -0.05) is 133 Å². The van der Waals surface area contributed by atoms with Crippen LogP contribution in [0.3, 0.4) is 0 Å². The number of aromatic nitrogens is 4. The Hall–Kier alpha value is -7.70. The van der Waals surface area contributed by atoms with Gasteiger partial charge in [0, 0.05) is 56.2 Å². The number of nitrogens with zero attached hydrogens (tertiary/aromatic N) is 4. The van der Waals surface area contributed by atoms with Crippen molar-refractivity contribution in [3.8, 4) is 67.5 Å². The average Bonchev–Trinajstić information content (AvgIpc) is 3.85. The van der Waals surface area contributed by atoms with Crippen molar-refractivity contribution in [3.05, 3.63) is 182 Å². The van der Waals surface area contributed by atoms with Gasteiger partial charge in [-0.15, -0.1) is 0 Å². The molecule has 6 nitrogen and oxygen atoms in total. The Bertz CT molecular complexity index is 3220. The summed E-state index contributed by atoms with van der Waals surface area (Å²) >= 11 is 0. The third-order valence-corrected chi connectivity index (χ3v) is 10.5. The Labute approximate surface area is 321 Å². The first-order chi connectivity index (χ1) is 27.7. The van der Waals surface area contributed by atoms with Gasteiger partial charge in [-0.25, -0.2) is 15.0 Å². The van der Waals surface area contributed by atoms with Gasteiger partial charge >= 0.3 is 0 Å². The van der Waals surface area contributed by atoms with E-state index in [1.807, 2.05) is 72.9 Å². The second-order valence-electron chi connectivity index (χ2n) is 13.8. The molecule has 0 aliphatic carbocycles. The molecule has 0 aliphatic rings. The van der Waals surface area contributed by atoms with E-state index < -0.39 is 0 Å². The van der Waals surface area contributed by atoms with E-state index in [-0.39, 0.29) is 0 Å². The molecule has 0 amide bonds. The third-order valence-electron chi connectivity index (χ3n) is 10.5. The molecule has 0 aliphatic heterocycles. The molecular weight excluding hydrogens is 689 g/mol. The molecule has 0 N–H and O–H groups in total. The lowest BCUT2D eigenvalue weighted by Gasteiger charge is -2.11. The Morgan fingerprint density at radius 1 is 0.339 bits per heavy atom. The fourth-order valence-corrected chi connectivity index (χ4v) is 7.68. The van der Waals surface area contributed by atoms with Gasteiger partial charge in [0.25, 0.3) is 0 Å². The Morgan fingerprint density at radius 3 is 1.57 bits per heavy atom. The normalized spacial score (nSPS) is 11.6. The molecular formula is C50H30N4O2. The summed E-state index contributed by atoms with van der Waals surface area (Å²) in [7, 11) is 0. The number of pyridine rings is 1. The molecule has 4 heterocycles. The van der Waals surface area contributed by atoms with Crippen LogP contribution in [0.2, 0.25) is 0 Å². The van der Waals surface area contributed by atoms with Crippen molar-refractivity contribution >= 4 is 43.9 Å². The van der Waals surface area contributed by atoms with Crippen LogP contribution in [0.4, 0.5) is 0 Å². The molecule has 0 spiro atoms. The summed E-state index contributed by atoms with van der Waals surface area (Å²) in [5.74, 6) is 1.83. The van der Waals surface area contributed by atoms with Crippen LogP contribution in [-0.4, -0.2) is 19.9 Å². The molecule has 262 valence electrons. The second-order valence-corrected chi connectivity index (χ2v) is 13.8. The standard InChI is InChI=1S/C50H30N4O2/c1-2-9-33(10-3-1)48-52-49(34-20-16-31(17-21-34)37-11-8-28-51-30-37)54-50(53-48)35-22-18-32(19-23-35)38-26-27-39(47-46(38)42-13-5-7-15-44(42)56-47)36-24-25-41-40-12-4-6-14-43(40)55-45(41)29-36/h1-30H. The van der Waals surface area contributed by atoms with E-state index in [9.17, 15) is 0 Å². The molecule has 0 saturated carbocycles. The van der Waals surface area contributed by atoms with E-state index in [1.165, 1.54) is 0 Å². The summed E-state index contributed by atoms with van der Waals surface area (Å²) in [5.41, 5.74) is 12.5. The molecule has 11 rings (SSSR count). The van der Waals surface area contributed by atoms with Gasteiger partial charge in [0.2, 0.25) is 0 Å². The predicted octanol–water partition coefficient (Wildman–Crippen LogP) is 13.1. The summed E-state index contributed by atoms with van der Waals surface area (Å²) < 4.78 is 12.9. The summed E-state index contributed by atoms with van der Waals surface area (Å²) in [5, 5.41) is 4.35. The van der Waals surface area contributed by atoms with E-state index in [0.29, 0.717) is 17.5 Å². The van der Waals surface area contributed by atoms with Gasteiger partial charge < -0.3 is 8.83 Å². The minimum Gasteiger partial charge on any atom is -0.456 e. The van der Waals surface area contributed by atoms with Crippen LogP contribution in [0, 0.1) is 0 Å². The van der Waals surface area contributed by atoms with Crippen LogP contribution in [0.1, 0.15) is 0 Å². The van der Waals surface area contributed by atoms with Crippen LogP contribution >= 0.6 is 0 Å². The number of benzene rings is 7. The lowest BCUT2D eigenvalue weighted by Crippen LogP contribution is -2.00. The number of rotatable bonds is 6.